The number of rotatable bonds is 4. The van der Waals surface area contributed by atoms with E-state index in [1.165, 1.54) is 17.2 Å². The molecule has 2 fully saturated rings. The van der Waals surface area contributed by atoms with Crippen molar-refractivity contribution in [3.8, 4) is 6.07 Å². The van der Waals surface area contributed by atoms with Crippen molar-refractivity contribution in [3.63, 3.8) is 0 Å². The Kier molecular flexibility index (Phi) is 6.15. The molecule has 1 aliphatic heterocycles. The molecule has 2 aliphatic rings. The summed E-state index contributed by atoms with van der Waals surface area (Å²) in [6.45, 7) is 3.84. The van der Waals surface area contributed by atoms with Gasteiger partial charge in [-0.05, 0) is 38.2 Å². The topological polar surface area (TPSA) is 105 Å². The smallest absolute Gasteiger partial charge is 0.262 e. The minimum Gasteiger partial charge on any atom is -0.348 e. The van der Waals surface area contributed by atoms with Gasteiger partial charge in [0.1, 0.15) is 16.8 Å². The van der Waals surface area contributed by atoms with Gasteiger partial charge in [0.05, 0.1) is 23.2 Å². The van der Waals surface area contributed by atoms with Crippen molar-refractivity contribution in [1.29, 1.82) is 5.26 Å². The molecule has 0 aromatic carbocycles. The summed E-state index contributed by atoms with van der Waals surface area (Å²) in [5.74, 6) is 0.0917. The minimum atomic E-state index is -3.08. The van der Waals surface area contributed by atoms with Crippen LogP contribution in [0, 0.1) is 24.2 Å². The first-order valence-electron chi connectivity index (χ1n) is 9.59. The van der Waals surface area contributed by atoms with Gasteiger partial charge in [0.15, 0.2) is 9.84 Å². The Hall–Kier alpha value is -1.85. The van der Waals surface area contributed by atoms with Gasteiger partial charge in [0, 0.05) is 11.6 Å². The van der Waals surface area contributed by atoms with Gasteiger partial charge in [-0.2, -0.15) is 10.4 Å². The van der Waals surface area contributed by atoms with Crippen LogP contribution in [0.3, 0.4) is 0 Å². The second kappa shape index (κ2) is 8.26. The Morgan fingerprint density at radius 2 is 2.07 bits per heavy atom. The number of halogens is 1. The highest BCUT2D eigenvalue weighted by Gasteiger charge is 2.32. The molecule has 1 saturated carbocycles. The van der Waals surface area contributed by atoms with E-state index in [0.717, 1.165) is 19.3 Å². The maximum absolute atomic E-state index is 12.6. The quantitative estimate of drug-likeness (QED) is 0.591. The molecule has 0 radical (unpaired) electrons. The molecule has 2 heterocycles. The van der Waals surface area contributed by atoms with E-state index in [1.54, 1.807) is 6.92 Å². The first-order chi connectivity index (χ1) is 13.2. The van der Waals surface area contributed by atoms with E-state index in [4.69, 9.17) is 11.6 Å². The summed E-state index contributed by atoms with van der Waals surface area (Å²) >= 11 is 6.44. The number of carbonyl (C=O) groups is 1. The zero-order chi connectivity index (χ0) is 20.5. The SMILES string of the molecule is Cc1nn([C@@H]2CCS(=O)(=O)C2)c(Cl)c1/C=C(\C#N)C(=O)N[C@H]1CCCC[C@@H]1C. The molecule has 152 valence electrons. The fourth-order valence-electron chi connectivity index (χ4n) is 3.98. The zero-order valence-corrected chi connectivity index (χ0v) is 17.7. The van der Waals surface area contributed by atoms with Gasteiger partial charge < -0.3 is 5.32 Å². The predicted molar refractivity (Wildman–Crippen MR) is 107 cm³/mol. The number of aromatic nitrogens is 2. The molecule has 0 unspecified atom stereocenters. The second-order valence-electron chi connectivity index (χ2n) is 7.80. The van der Waals surface area contributed by atoms with Gasteiger partial charge in [-0.15, -0.1) is 0 Å². The summed E-state index contributed by atoms with van der Waals surface area (Å²) < 4.78 is 25.0. The predicted octanol–water partition coefficient (Wildman–Crippen LogP) is 2.81. The van der Waals surface area contributed by atoms with E-state index >= 15 is 0 Å². The van der Waals surface area contributed by atoms with E-state index in [0.29, 0.717) is 23.6 Å². The Morgan fingerprint density at radius 3 is 2.68 bits per heavy atom. The van der Waals surface area contributed by atoms with Gasteiger partial charge >= 0.3 is 0 Å². The average Bonchev–Trinajstić information content (AvgIpc) is 3.14. The second-order valence-corrected chi connectivity index (χ2v) is 10.4. The molecule has 1 aromatic rings. The molecule has 1 amide bonds. The fourth-order valence-corrected chi connectivity index (χ4v) is 6.04. The van der Waals surface area contributed by atoms with Gasteiger partial charge in [0.25, 0.3) is 5.91 Å². The summed E-state index contributed by atoms with van der Waals surface area (Å²) in [6.07, 6.45) is 6.13. The molecule has 7 nitrogen and oxygen atoms in total. The number of nitrogens with one attached hydrogen (secondary N) is 1. The van der Waals surface area contributed by atoms with Gasteiger partial charge in [0.2, 0.25) is 0 Å². The third-order valence-corrected chi connectivity index (χ3v) is 7.83. The molecular weight excluding hydrogens is 400 g/mol. The van der Waals surface area contributed by atoms with Crippen LogP contribution in [0.25, 0.3) is 6.08 Å². The highest BCUT2D eigenvalue weighted by molar-refractivity contribution is 7.91. The average molecular weight is 425 g/mol. The van der Waals surface area contributed by atoms with E-state index < -0.39 is 15.7 Å². The Balaban J connectivity index is 1.82. The van der Waals surface area contributed by atoms with Crippen LogP contribution in [0.15, 0.2) is 5.57 Å². The third kappa shape index (κ3) is 4.41. The van der Waals surface area contributed by atoms with Gasteiger partial charge in [-0.1, -0.05) is 31.4 Å². The number of sulfone groups is 1. The molecule has 1 aromatic heterocycles. The normalized spacial score (nSPS) is 27.4. The minimum absolute atomic E-state index is 0.00214. The lowest BCUT2D eigenvalue weighted by Crippen LogP contribution is -2.41. The Morgan fingerprint density at radius 1 is 1.36 bits per heavy atom. The zero-order valence-electron chi connectivity index (χ0n) is 16.1. The summed E-state index contributed by atoms with van der Waals surface area (Å²) in [6, 6.07) is 1.71. The molecule has 3 atom stereocenters. The van der Waals surface area contributed by atoms with Gasteiger partial charge in [-0.25, -0.2) is 13.1 Å². The molecular formula is C19H25ClN4O3S. The molecule has 3 rings (SSSR count). The number of nitriles is 1. The molecule has 1 N–H and O–H groups in total. The molecule has 1 saturated heterocycles. The van der Waals surface area contributed by atoms with Crippen molar-refractivity contribution < 1.29 is 13.2 Å². The van der Waals surface area contributed by atoms with Crippen molar-refractivity contribution in [2.75, 3.05) is 11.5 Å². The maximum Gasteiger partial charge on any atom is 0.262 e. The van der Waals surface area contributed by atoms with Crippen LogP contribution >= 0.6 is 11.6 Å². The lowest BCUT2D eigenvalue weighted by molar-refractivity contribution is -0.118. The number of carbonyl (C=O) groups excluding carboxylic acids is 1. The summed E-state index contributed by atoms with van der Waals surface area (Å²) in [5, 5.41) is 17.1. The number of hydrogen-bond acceptors (Lipinski definition) is 5. The molecule has 28 heavy (non-hydrogen) atoms. The summed E-state index contributed by atoms with van der Waals surface area (Å²) in [5.41, 5.74) is 1.01. The monoisotopic (exact) mass is 424 g/mol. The molecule has 1 aliphatic carbocycles. The van der Waals surface area contributed by atoms with Crippen LogP contribution in [0.1, 0.15) is 56.3 Å². The Labute approximate surface area is 170 Å². The maximum atomic E-state index is 12.6. The summed E-state index contributed by atoms with van der Waals surface area (Å²) in [4.78, 5) is 12.6. The standard InChI is InChI=1S/C19H25ClN4O3S/c1-12-5-3-4-6-17(12)22-19(25)14(10-21)9-16-13(2)23-24(18(16)20)15-7-8-28(26,27)11-15/h9,12,15,17H,3-8,11H2,1-2H3,(H,22,25)/b14-9+/t12-,15+,17-/m0/s1. The number of nitrogens with zero attached hydrogens (tertiary/aromatic N) is 3. The van der Waals surface area contributed by atoms with Crippen LogP contribution in [-0.4, -0.2) is 41.7 Å². The van der Waals surface area contributed by atoms with E-state index in [9.17, 15) is 18.5 Å². The largest absolute Gasteiger partial charge is 0.348 e. The van der Waals surface area contributed by atoms with Gasteiger partial charge in [-0.3, -0.25) is 4.79 Å². The van der Waals surface area contributed by atoms with E-state index in [-0.39, 0.29) is 34.3 Å². The van der Waals surface area contributed by atoms with Crippen molar-refractivity contribution in [3.05, 3.63) is 22.0 Å². The van der Waals surface area contributed by atoms with Crippen LogP contribution in [0.4, 0.5) is 0 Å². The first-order valence-corrected chi connectivity index (χ1v) is 11.8. The van der Waals surface area contributed by atoms with Crippen LogP contribution in [0.5, 0.6) is 0 Å². The van der Waals surface area contributed by atoms with Crippen molar-refractivity contribution >= 4 is 33.4 Å². The van der Waals surface area contributed by atoms with E-state index in [2.05, 4.69) is 17.3 Å². The lowest BCUT2D eigenvalue weighted by atomic mass is 9.86. The Bertz CT molecular complexity index is 945. The number of amides is 1. The van der Waals surface area contributed by atoms with Crippen LogP contribution in [0.2, 0.25) is 5.15 Å². The highest BCUT2D eigenvalue weighted by Crippen LogP contribution is 2.31. The van der Waals surface area contributed by atoms with Crippen molar-refractivity contribution in [2.24, 2.45) is 5.92 Å². The summed E-state index contributed by atoms with van der Waals surface area (Å²) in [7, 11) is -3.08. The highest BCUT2D eigenvalue weighted by atomic mass is 35.5. The molecule has 0 spiro atoms. The number of aryl methyl sites for hydroxylation is 1. The lowest BCUT2D eigenvalue weighted by Gasteiger charge is -2.29. The van der Waals surface area contributed by atoms with Crippen LogP contribution in [-0.2, 0) is 14.6 Å². The van der Waals surface area contributed by atoms with Crippen molar-refractivity contribution in [1.82, 2.24) is 15.1 Å². The molecule has 0 bridgehead atoms. The third-order valence-electron chi connectivity index (χ3n) is 5.71. The number of hydrogen-bond donors (Lipinski definition) is 1. The molecule has 9 heteroatoms. The van der Waals surface area contributed by atoms with Crippen LogP contribution < -0.4 is 5.32 Å². The fraction of sp³-hybridized carbons (Fsp3) is 0.632. The van der Waals surface area contributed by atoms with Crippen molar-refractivity contribution in [2.45, 2.75) is 58.0 Å². The first kappa shape index (κ1) is 20.9. The van der Waals surface area contributed by atoms with E-state index in [1.807, 2.05) is 6.07 Å².